The Morgan fingerprint density at radius 1 is 1.12 bits per heavy atom. The highest BCUT2D eigenvalue weighted by atomic mass is 35.5. The van der Waals surface area contributed by atoms with Crippen LogP contribution in [0.3, 0.4) is 0 Å². The lowest BCUT2D eigenvalue weighted by atomic mass is 9.93. The zero-order valence-electron chi connectivity index (χ0n) is 24.3. The molecule has 0 radical (unpaired) electrons. The molecule has 5 rings (SSSR count). The number of halogens is 2. The van der Waals surface area contributed by atoms with Crippen molar-refractivity contribution in [3.8, 4) is 11.5 Å². The van der Waals surface area contributed by atoms with Crippen LogP contribution in [0.25, 0.3) is 0 Å². The highest BCUT2D eigenvalue weighted by molar-refractivity contribution is 6.30. The number of fused-ring (bicyclic) bond motifs is 3. The number of amides is 1. The maximum Gasteiger partial charge on any atom is 0.306 e. The molecule has 0 aromatic heterocycles. The summed E-state index contributed by atoms with van der Waals surface area (Å²) in [4.78, 5) is 29.0. The van der Waals surface area contributed by atoms with Crippen LogP contribution in [0.4, 0.5) is 10.1 Å². The van der Waals surface area contributed by atoms with Crippen LogP contribution >= 0.6 is 11.6 Å². The first-order valence-corrected chi connectivity index (χ1v) is 15.0. The molecule has 0 N–H and O–H groups in total. The predicted molar refractivity (Wildman–Crippen MR) is 157 cm³/mol. The summed E-state index contributed by atoms with van der Waals surface area (Å²) in [5.41, 5.74) is 1.68. The van der Waals surface area contributed by atoms with Gasteiger partial charge in [0.05, 0.1) is 38.7 Å². The predicted octanol–water partition coefficient (Wildman–Crippen LogP) is 6.05. The third-order valence-corrected chi connectivity index (χ3v) is 8.64. The Morgan fingerprint density at radius 3 is 2.62 bits per heavy atom. The second kappa shape index (κ2) is 13.3. The van der Waals surface area contributed by atoms with E-state index in [4.69, 9.17) is 30.5 Å². The zero-order chi connectivity index (χ0) is 29.8. The molecule has 226 valence electrons. The van der Waals surface area contributed by atoms with Gasteiger partial charge in [-0.05, 0) is 56.7 Å². The van der Waals surface area contributed by atoms with Crippen molar-refractivity contribution in [1.82, 2.24) is 4.90 Å². The Balaban J connectivity index is 1.38. The SMILES string of the molecule is CCOC(=O)CC1CCN(C(=O)CC[C@H]2O[C@H](c3cccc(OC)c3OC)c3cc(Cl)cc(F)c3N3C=CCC23)CC1. The van der Waals surface area contributed by atoms with Crippen LogP contribution in [-0.2, 0) is 19.1 Å². The number of benzene rings is 2. The van der Waals surface area contributed by atoms with E-state index in [0.29, 0.717) is 73.7 Å². The van der Waals surface area contributed by atoms with Gasteiger partial charge < -0.3 is 28.7 Å². The summed E-state index contributed by atoms with van der Waals surface area (Å²) in [5, 5.41) is 0.265. The van der Waals surface area contributed by atoms with Crippen LogP contribution in [0, 0.1) is 11.7 Å². The van der Waals surface area contributed by atoms with Crippen molar-refractivity contribution in [3.63, 3.8) is 0 Å². The van der Waals surface area contributed by atoms with Gasteiger partial charge in [-0.15, -0.1) is 0 Å². The number of anilines is 1. The summed E-state index contributed by atoms with van der Waals surface area (Å²) in [7, 11) is 3.12. The van der Waals surface area contributed by atoms with E-state index in [1.165, 1.54) is 6.07 Å². The summed E-state index contributed by atoms with van der Waals surface area (Å²) in [6.07, 6.45) is 6.13. The second-order valence-corrected chi connectivity index (χ2v) is 11.4. The van der Waals surface area contributed by atoms with Crippen LogP contribution in [0.5, 0.6) is 11.5 Å². The van der Waals surface area contributed by atoms with Crippen LogP contribution in [0.15, 0.2) is 42.6 Å². The van der Waals surface area contributed by atoms with Gasteiger partial charge in [-0.25, -0.2) is 4.39 Å². The summed E-state index contributed by atoms with van der Waals surface area (Å²) < 4.78 is 38.9. The largest absolute Gasteiger partial charge is 0.493 e. The molecule has 2 aromatic carbocycles. The Labute approximate surface area is 251 Å². The lowest BCUT2D eigenvalue weighted by Gasteiger charge is -2.33. The second-order valence-electron chi connectivity index (χ2n) is 10.9. The van der Waals surface area contributed by atoms with Gasteiger partial charge in [0, 0.05) is 48.3 Å². The van der Waals surface area contributed by atoms with E-state index < -0.39 is 18.0 Å². The number of hydrogen-bond donors (Lipinski definition) is 0. The van der Waals surface area contributed by atoms with Gasteiger partial charge >= 0.3 is 5.97 Å². The van der Waals surface area contributed by atoms with E-state index in [0.717, 1.165) is 12.8 Å². The fourth-order valence-electron chi connectivity index (χ4n) is 6.39. The normalized spacial score (nSPS) is 21.9. The number of piperidine rings is 1. The average Bonchev–Trinajstić information content (AvgIpc) is 3.41. The Hall–Kier alpha value is -3.30. The molecule has 42 heavy (non-hydrogen) atoms. The lowest BCUT2D eigenvalue weighted by Crippen LogP contribution is -2.41. The first kappa shape index (κ1) is 30.2. The summed E-state index contributed by atoms with van der Waals surface area (Å²) >= 11 is 6.38. The first-order valence-electron chi connectivity index (χ1n) is 14.6. The molecule has 1 unspecified atom stereocenters. The highest BCUT2D eigenvalue weighted by Gasteiger charge is 2.41. The number of likely N-dealkylation sites (tertiary alicyclic amines) is 1. The third kappa shape index (κ3) is 6.22. The van der Waals surface area contributed by atoms with E-state index in [1.54, 1.807) is 33.3 Å². The smallest absolute Gasteiger partial charge is 0.306 e. The quantitative estimate of drug-likeness (QED) is 0.324. The summed E-state index contributed by atoms with van der Waals surface area (Å²) in [6.45, 7) is 3.41. The Bertz CT molecular complexity index is 1330. The number of methoxy groups -OCH3 is 2. The molecule has 3 heterocycles. The molecule has 0 bridgehead atoms. The maximum absolute atomic E-state index is 15.6. The zero-order valence-corrected chi connectivity index (χ0v) is 25.1. The fraction of sp³-hybridized carbons (Fsp3) is 0.500. The van der Waals surface area contributed by atoms with Crippen LogP contribution in [-0.4, -0.2) is 62.8 Å². The number of nitrogens with zero attached hydrogens (tertiary/aromatic N) is 2. The topological polar surface area (TPSA) is 77.5 Å². The maximum atomic E-state index is 15.6. The van der Waals surface area contributed by atoms with Crippen LogP contribution in [0.1, 0.15) is 62.7 Å². The molecule has 0 saturated carbocycles. The van der Waals surface area contributed by atoms with E-state index in [2.05, 4.69) is 0 Å². The summed E-state index contributed by atoms with van der Waals surface area (Å²) in [6, 6.07) is 8.38. The fourth-order valence-corrected chi connectivity index (χ4v) is 6.61. The first-order chi connectivity index (χ1) is 20.3. The van der Waals surface area contributed by atoms with Crippen molar-refractivity contribution in [2.75, 3.05) is 38.8 Å². The molecule has 8 nitrogen and oxygen atoms in total. The van der Waals surface area contributed by atoms with Crippen molar-refractivity contribution in [2.24, 2.45) is 5.92 Å². The van der Waals surface area contributed by atoms with Crippen molar-refractivity contribution in [2.45, 2.75) is 63.7 Å². The molecular formula is C32H38ClFN2O6. The number of para-hydroxylation sites is 1. The van der Waals surface area contributed by atoms with E-state index >= 15 is 4.39 Å². The average molecular weight is 601 g/mol. The van der Waals surface area contributed by atoms with Crippen molar-refractivity contribution >= 4 is 29.2 Å². The highest BCUT2D eigenvalue weighted by Crippen LogP contribution is 2.48. The molecule has 3 aliphatic heterocycles. The van der Waals surface area contributed by atoms with Crippen molar-refractivity contribution in [1.29, 1.82) is 0 Å². The summed E-state index contributed by atoms with van der Waals surface area (Å²) in [5.74, 6) is 0.697. The van der Waals surface area contributed by atoms with Crippen molar-refractivity contribution in [3.05, 3.63) is 64.6 Å². The lowest BCUT2D eigenvalue weighted by molar-refractivity contribution is -0.144. The van der Waals surface area contributed by atoms with Crippen molar-refractivity contribution < 1.29 is 32.9 Å². The number of esters is 1. The number of rotatable bonds is 9. The molecular weight excluding hydrogens is 563 g/mol. The Kier molecular flexibility index (Phi) is 9.58. The molecule has 0 spiro atoms. The standard InChI is InChI=1S/C32H38ClFN2O6/c1-4-41-29(38)17-20-12-15-35(16-13-20)28(37)11-10-26-25-8-6-14-36(25)30-23(18-21(33)19-24(30)34)31(42-26)22-7-5-9-27(39-2)32(22)40-3/h5-7,9,14,18-20,25-26,31H,4,8,10-13,15-17H2,1-3H3/t25?,26-,31-/m1/s1. The minimum Gasteiger partial charge on any atom is -0.493 e. The monoisotopic (exact) mass is 600 g/mol. The van der Waals surface area contributed by atoms with E-state index in [1.807, 2.05) is 34.2 Å². The minimum absolute atomic E-state index is 0.0530. The number of hydrogen-bond acceptors (Lipinski definition) is 7. The number of carbonyl (C=O) groups is 2. The molecule has 2 aromatic rings. The van der Waals surface area contributed by atoms with Gasteiger partial charge in [0.2, 0.25) is 5.91 Å². The molecule has 1 amide bonds. The van der Waals surface area contributed by atoms with Gasteiger partial charge in [0.1, 0.15) is 11.9 Å². The molecule has 1 saturated heterocycles. The van der Waals surface area contributed by atoms with Crippen LogP contribution < -0.4 is 14.4 Å². The number of ether oxygens (including phenoxy) is 4. The van der Waals surface area contributed by atoms with Gasteiger partial charge in [0.25, 0.3) is 0 Å². The molecule has 1 fully saturated rings. The molecule has 3 atom stereocenters. The van der Waals surface area contributed by atoms with E-state index in [9.17, 15) is 9.59 Å². The number of carbonyl (C=O) groups excluding carboxylic acids is 2. The van der Waals surface area contributed by atoms with Gasteiger partial charge in [-0.2, -0.15) is 0 Å². The molecule has 0 aliphatic carbocycles. The molecule has 10 heteroatoms. The molecule has 3 aliphatic rings. The van der Waals surface area contributed by atoms with Gasteiger partial charge in [-0.1, -0.05) is 29.8 Å². The van der Waals surface area contributed by atoms with Crippen LogP contribution in [0.2, 0.25) is 5.02 Å². The van der Waals surface area contributed by atoms with Gasteiger partial charge in [-0.3, -0.25) is 9.59 Å². The van der Waals surface area contributed by atoms with E-state index in [-0.39, 0.29) is 28.9 Å². The minimum atomic E-state index is -0.712. The van der Waals surface area contributed by atoms with Gasteiger partial charge in [0.15, 0.2) is 11.5 Å². The Morgan fingerprint density at radius 2 is 1.90 bits per heavy atom. The third-order valence-electron chi connectivity index (χ3n) is 8.43.